The summed E-state index contributed by atoms with van der Waals surface area (Å²) in [4.78, 5) is 13.1. The molecular weight excluding hydrogens is 460 g/mol. The zero-order chi connectivity index (χ0) is 25.2. The van der Waals surface area contributed by atoms with E-state index >= 15 is 0 Å². The predicted octanol–water partition coefficient (Wildman–Crippen LogP) is 2.37. The molecule has 4 atom stereocenters. The largest absolute Gasteiger partial charge is 0.394 e. The minimum absolute atomic E-state index is 0.191. The molecule has 2 fully saturated rings. The summed E-state index contributed by atoms with van der Waals surface area (Å²) in [6.45, 7) is 4.18. The van der Waals surface area contributed by atoms with E-state index in [-0.39, 0.29) is 5.82 Å². The van der Waals surface area contributed by atoms with Gasteiger partial charge in [0.25, 0.3) is 0 Å². The van der Waals surface area contributed by atoms with Crippen molar-refractivity contribution in [2.24, 2.45) is 0 Å². The van der Waals surface area contributed by atoms with Crippen LogP contribution < -0.4 is 11.1 Å². The summed E-state index contributed by atoms with van der Waals surface area (Å²) in [5, 5.41) is 33.2. The Labute approximate surface area is 209 Å². The van der Waals surface area contributed by atoms with Crippen LogP contribution in [0.25, 0.3) is 17.2 Å². The Kier molecular flexibility index (Phi) is 7.20. The number of aliphatic hydroxyl groups is 3. The second-order valence-corrected chi connectivity index (χ2v) is 9.66. The fraction of sp³-hybridized carbons (Fsp3) is 0.500. The van der Waals surface area contributed by atoms with Gasteiger partial charge in [0, 0.05) is 6.54 Å². The molecule has 1 aliphatic carbocycles. The van der Waals surface area contributed by atoms with Gasteiger partial charge in [-0.2, -0.15) is 9.97 Å². The van der Waals surface area contributed by atoms with Crippen LogP contribution in [0.2, 0.25) is 0 Å². The lowest BCUT2D eigenvalue weighted by molar-refractivity contribution is -0.0511. The Morgan fingerprint density at radius 3 is 2.69 bits per heavy atom. The third-order valence-electron chi connectivity index (χ3n) is 7.38. The average molecular weight is 495 g/mol. The van der Waals surface area contributed by atoms with E-state index in [2.05, 4.69) is 45.0 Å². The number of anilines is 2. The summed E-state index contributed by atoms with van der Waals surface area (Å²) in [5.74, 6) is 1.16. The van der Waals surface area contributed by atoms with Crippen molar-refractivity contribution in [3.63, 3.8) is 0 Å². The summed E-state index contributed by atoms with van der Waals surface area (Å²) in [6.07, 6.45) is 6.25. The first-order chi connectivity index (χ1) is 17.5. The number of benzene rings is 1. The normalized spacial score (nSPS) is 24.9. The number of nitrogens with zero attached hydrogens (tertiary/aromatic N) is 4. The Morgan fingerprint density at radius 2 is 1.97 bits per heavy atom. The fourth-order valence-electron chi connectivity index (χ4n) is 5.34. The van der Waals surface area contributed by atoms with Gasteiger partial charge in [0.1, 0.15) is 23.8 Å². The summed E-state index contributed by atoms with van der Waals surface area (Å²) in [7, 11) is 0. The van der Waals surface area contributed by atoms with Gasteiger partial charge >= 0.3 is 0 Å². The van der Waals surface area contributed by atoms with Gasteiger partial charge in [-0.05, 0) is 41.9 Å². The first-order valence-electron chi connectivity index (χ1n) is 12.6. The summed E-state index contributed by atoms with van der Waals surface area (Å²) in [6, 6.07) is 6.72. The smallest absolute Gasteiger partial charge is 0.226 e. The number of nitrogen functional groups attached to an aromatic ring is 1. The molecule has 1 saturated carbocycles. The zero-order valence-corrected chi connectivity index (χ0v) is 20.3. The number of ether oxygens (including phenoxy) is 1. The molecule has 0 amide bonds. The molecule has 3 heterocycles. The zero-order valence-electron chi connectivity index (χ0n) is 20.3. The highest BCUT2D eigenvalue weighted by molar-refractivity contribution is 5.83. The number of aliphatic hydroxyl groups excluding tert-OH is 3. The van der Waals surface area contributed by atoms with Crippen LogP contribution >= 0.6 is 0 Å². The lowest BCUT2D eigenvalue weighted by Gasteiger charge is -2.23. The Hall–Kier alpha value is -3.05. The number of imidazole rings is 1. The van der Waals surface area contributed by atoms with Crippen LogP contribution in [0.5, 0.6) is 0 Å². The third-order valence-corrected chi connectivity index (χ3v) is 7.38. The number of nitrogens with two attached hydrogens (primary N) is 1. The van der Waals surface area contributed by atoms with E-state index in [9.17, 15) is 15.3 Å². The second-order valence-electron chi connectivity index (χ2n) is 9.66. The molecule has 36 heavy (non-hydrogen) atoms. The van der Waals surface area contributed by atoms with Gasteiger partial charge in [0.15, 0.2) is 17.7 Å². The third kappa shape index (κ3) is 4.69. The average Bonchev–Trinajstić information content (AvgIpc) is 3.45. The van der Waals surface area contributed by atoms with Crippen LogP contribution in [-0.4, -0.2) is 66.3 Å². The number of aromatic nitrogens is 4. The molecule has 0 spiro atoms. The molecule has 10 heteroatoms. The van der Waals surface area contributed by atoms with Crippen LogP contribution in [0.3, 0.4) is 0 Å². The van der Waals surface area contributed by atoms with E-state index in [0.717, 1.165) is 12.0 Å². The van der Waals surface area contributed by atoms with Gasteiger partial charge in [0.2, 0.25) is 5.95 Å². The molecule has 0 bridgehead atoms. The Bertz CT molecular complexity index is 1220. The monoisotopic (exact) mass is 494 g/mol. The topological polar surface area (TPSA) is 152 Å². The van der Waals surface area contributed by atoms with Crippen LogP contribution in [0.4, 0.5) is 11.8 Å². The Balaban J connectivity index is 1.30. The van der Waals surface area contributed by atoms with E-state index in [0.29, 0.717) is 29.6 Å². The lowest BCUT2D eigenvalue weighted by Crippen LogP contribution is -2.33. The highest BCUT2D eigenvalue weighted by Gasteiger charge is 2.44. The van der Waals surface area contributed by atoms with Gasteiger partial charge in [0.05, 0.1) is 12.9 Å². The highest BCUT2D eigenvalue weighted by atomic mass is 16.6. The summed E-state index contributed by atoms with van der Waals surface area (Å²) < 4.78 is 7.13. The molecular formula is C26H34N6O4. The molecule has 0 unspecified atom stereocenters. The van der Waals surface area contributed by atoms with E-state index < -0.39 is 31.1 Å². The molecule has 5 rings (SSSR count). The second kappa shape index (κ2) is 10.5. The fourth-order valence-corrected chi connectivity index (χ4v) is 5.34. The van der Waals surface area contributed by atoms with Crippen LogP contribution in [0, 0.1) is 0 Å². The number of rotatable bonds is 8. The van der Waals surface area contributed by atoms with E-state index in [1.807, 2.05) is 6.08 Å². The quantitative estimate of drug-likeness (QED) is 0.318. The molecule has 2 aromatic heterocycles. The van der Waals surface area contributed by atoms with Gasteiger partial charge in [-0.3, -0.25) is 4.57 Å². The van der Waals surface area contributed by atoms with Crippen molar-refractivity contribution in [2.75, 3.05) is 24.2 Å². The van der Waals surface area contributed by atoms with Crippen molar-refractivity contribution in [3.05, 3.63) is 47.8 Å². The van der Waals surface area contributed by atoms with Gasteiger partial charge in [-0.15, -0.1) is 0 Å². The summed E-state index contributed by atoms with van der Waals surface area (Å²) in [5.41, 5.74) is 10.6. The Morgan fingerprint density at radius 1 is 1.17 bits per heavy atom. The highest BCUT2D eigenvalue weighted by Crippen LogP contribution is 2.34. The molecule has 192 valence electrons. The minimum Gasteiger partial charge on any atom is -0.394 e. The lowest BCUT2D eigenvalue weighted by atomic mass is 9.83. The predicted molar refractivity (Wildman–Crippen MR) is 137 cm³/mol. The number of nitrogens with one attached hydrogen (secondary N) is 1. The van der Waals surface area contributed by atoms with Crippen molar-refractivity contribution in [3.8, 4) is 0 Å². The first-order valence-corrected chi connectivity index (χ1v) is 12.6. The molecule has 3 aromatic rings. The van der Waals surface area contributed by atoms with Crippen LogP contribution in [-0.2, 0) is 11.2 Å². The van der Waals surface area contributed by atoms with Gasteiger partial charge < -0.3 is 31.1 Å². The van der Waals surface area contributed by atoms with Crippen LogP contribution in [0.1, 0.15) is 60.9 Å². The number of hydrogen-bond donors (Lipinski definition) is 5. The van der Waals surface area contributed by atoms with Crippen LogP contribution in [0.15, 0.2) is 31.1 Å². The molecule has 1 saturated heterocycles. The first kappa shape index (κ1) is 24.6. The van der Waals surface area contributed by atoms with Gasteiger partial charge in [-0.1, -0.05) is 50.1 Å². The van der Waals surface area contributed by atoms with Crippen molar-refractivity contribution in [2.45, 2.75) is 69.0 Å². The SMILES string of the molecule is C=Cc1cc(C2CCCCC2)ccc1CCNc1nc(N)c2ncn([C@@H]3O[C@H](CO)[C@@H](O)[C@H]3O)c2n1. The maximum Gasteiger partial charge on any atom is 0.226 e. The van der Waals surface area contributed by atoms with E-state index in [4.69, 9.17) is 10.5 Å². The number of hydrogen-bond acceptors (Lipinski definition) is 9. The molecule has 10 nitrogen and oxygen atoms in total. The maximum atomic E-state index is 10.4. The molecule has 1 aromatic carbocycles. The van der Waals surface area contributed by atoms with E-state index in [1.54, 1.807) is 0 Å². The molecule has 1 aliphatic heterocycles. The van der Waals surface area contributed by atoms with E-state index in [1.165, 1.54) is 54.1 Å². The molecule has 6 N–H and O–H groups in total. The minimum atomic E-state index is -1.25. The van der Waals surface area contributed by atoms with Gasteiger partial charge in [-0.25, -0.2) is 4.98 Å². The maximum absolute atomic E-state index is 10.4. The molecule has 2 aliphatic rings. The van der Waals surface area contributed by atoms with Crippen molar-refractivity contribution >= 4 is 29.0 Å². The van der Waals surface area contributed by atoms with Crippen molar-refractivity contribution in [1.82, 2.24) is 19.5 Å². The van der Waals surface area contributed by atoms with Crippen molar-refractivity contribution in [1.29, 1.82) is 0 Å². The molecule has 0 radical (unpaired) electrons. The van der Waals surface area contributed by atoms with Crippen molar-refractivity contribution < 1.29 is 20.1 Å². The summed E-state index contributed by atoms with van der Waals surface area (Å²) >= 11 is 0. The number of fused-ring (bicyclic) bond motifs is 1. The standard InChI is InChI=1S/C26H34N6O4/c1-2-15-12-18(16-6-4-3-5-7-16)9-8-17(15)10-11-28-26-30-23(27)20-24(31-26)32(14-29-20)25-22(35)21(34)19(13-33)36-25/h2,8-9,12,14,16,19,21-22,25,33-35H,1,3-7,10-11,13H2,(H3,27,28,30,31)/t19-,21-,22-,25-/m1/s1.